The van der Waals surface area contributed by atoms with Gasteiger partial charge in [0.05, 0.1) is 0 Å². The summed E-state index contributed by atoms with van der Waals surface area (Å²) in [4.78, 5) is 8.53. The minimum atomic E-state index is 0.652. The molecule has 0 aromatic carbocycles. The highest BCUT2D eigenvalue weighted by atomic mass is 16.5. The Bertz CT molecular complexity index is 317. The number of hydrogen-bond acceptors (Lipinski definition) is 5. The van der Waals surface area contributed by atoms with Gasteiger partial charge in [-0.15, -0.1) is 0 Å². The highest BCUT2D eigenvalue weighted by molar-refractivity contribution is 5.41. The molecule has 1 heterocycles. The van der Waals surface area contributed by atoms with Crippen LogP contribution in [0.4, 0.5) is 11.8 Å². The third kappa shape index (κ3) is 4.44. The predicted octanol–water partition coefficient (Wildman–Crippen LogP) is 1.67. The molecule has 5 nitrogen and oxygen atoms in total. The molecule has 0 unspecified atom stereocenters. The second-order valence-electron chi connectivity index (χ2n) is 3.59. The predicted molar refractivity (Wildman–Crippen MR) is 65.9 cm³/mol. The molecular formula is C11H20N4O. The highest BCUT2D eigenvalue weighted by Gasteiger charge is 1.99. The van der Waals surface area contributed by atoms with Gasteiger partial charge in [-0.25, -0.2) is 4.98 Å². The lowest BCUT2D eigenvalue weighted by Gasteiger charge is -2.07. The molecule has 0 fully saturated rings. The Morgan fingerprint density at radius 2 is 2.12 bits per heavy atom. The number of anilines is 2. The molecule has 0 aliphatic heterocycles. The normalized spacial score (nSPS) is 10.2. The van der Waals surface area contributed by atoms with Crippen LogP contribution in [0.3, 0.4) is 0 Å². The SMILES string of the molecule is CNc1nc(C)cc(NCCCCOC)n1. The summed E-state index contributed by atoms with van der Waals surface area (Å²) in [6.45, 7) is 3.67. The second kappa shape index (κ2) is 7.00. The van der Waals surface area contributed by atoms with Crippen LogP contribution >= 0.6 is 0 Å². The van der Waals surface area contributed by atoms with Crippen LogP contribution in [0.25, 0.3) is 0 Å². The zero-order valence-electron chi connectivity index (χ0n) is 10.2. The lowest BCUT2D eigenvalue weighted by Crippen LogP contribution is -2.07. The average Bonchev–Trinajstić information content (AvgIpc) is 2.28. The summed E-state index contributed by atoms with van der Waals surface area (Å²) in [5, 5.41) is 6.21. The summed E-state index contributed by atoms with van der Waals surface area (Å²) >= 11 is 0. The molecule has 0 atom stereocenters. The molecular weight excluding hydrogens is 204 g/mol. The first kappa shape index (κ1) is 12.7. The average molecular weight is 224 g/mol. The van der Waals surface area contributed by atoms with Crippen LogP contribution in [0, 0.1) is 6.92 Å². The van der Waals surface area contributed by atoms with Gasteiger partial charge in [-0.2, -0.15) is 4.98 Å². The number of nitrogens with one attached hydrogen (secondary N) is 2. The maximum atomic E-state index is 4.99. The van der Waals surface area contributed by atoms with E-state index in [1.165, 1.54) is 0 Å². The van der Waals surface area contributed by atoms with Crippen LogP contribution in [0.2, 0.25) is 0 Å². The molecule has 0 saturated carbocycles. The number of hydrogen-bond donors (Lipinski definition) is 2. The third-order valence-corrected chi connectivity index (χ3v) is 2.16. The molecule has 2 N–H and O–H groups in total. The fraction of sp³-hybridized carbons (Fsp3) is 0.636. The van der Waals surface area contributed by atoms with Crippen molar-refractivity contribution in [1.82, 2.24) is 9.97 Å². The van der Waals surface area contributed by atoms with Crippen LogP contribution in [-0.4, -0.2) is 37.3 Å². The largest absolute Gasteiger partial charge is 0.385 e. The smallest absolute Gasteiger partial charge is 0.224 e. The maximum absolute atomic E-state index is 4.99. The fourth-order valence-corrected chi connectivity index (χ4v) is 1.36. The van der Waals surface area contributed by atoms with E-state index in [0.717, 1.165) is 37.5 Å². The van der Waals surface area contributed by atoms with Gasteiger partial charge >= 0.3 is 0 Å². The quantitative estimate of drug-likeness (QED) is 0.690. The van der Waals surface area contributed by atoms with Gasteiger partial charge in [0.2, 0.25) is 5.95 Å². The first-order valence-corrected chi connectivity index (χ1v) is 5.52. The Balaban J connectivity index is 2.38. The number of rotatable bonds is 7. The van der Waals surface area contributed by atoms with E-state index >= 15 is 0 Å². The molecule has 0 aliphatic rings. The molecule has 0 radical (unpaired) electrons. The molecule has 0 amide bonds. The van der Waals surface area contributed by atoms with Crippen LogP contribution in [0.15, 0.2) is 6.07 Å². The Morgan fingerprint density at radius 1 is 1.31 bits per heavy atom. The lowest BCUT2D eigenvalue weighted by molar-refractivity contribution is 0.194. The van der Waals surface area contributed by atoms with Gasteiger partial charge in [0.25, 0.3) is 0 Å². The summed E-state index contributed by atoms with van der Waals surface area (Å²) in [5.41, 5.74) is 0.957. The zero-order chi connectivity index (χ0) is 11.8. The van der Waals surface area contributed by atoms with Gasteiger partial charge in [0, 0.05) is 39.1 Å². The molecule has 1 rings (SSSR count). The second-order valence-corrected chi connectivity index (χ2v) is 3.59. The van der Waals surface area contributed by atoms with Crippen molar-refractivity contribution >= 4 is 11.8 Å². The van der Waals surface area contributed by atoms with Crippen molar-refractivity contribution in [3.05, 3.63) is 11.8 Å². The minimum absolute atomic E-state index is 0.652. The summed E-state index contributed by atoms with van der Waals surface area (Å²) in [5.74, 6) is 1.52. The molecule has 1 aromatic heterocycles. The minimum Gasteiger partial charge on any atom is -0.385 e. The van der Waals surface area contributed by atoms with E-state index in [2.05, 4.69) is 20.6 Å². The number of ether oxygens (including phenoxy) is 1. The molecule has 0 saturated heterocycles. The first-order chi connectivity index (χ1) is 7.76. The standard InChI is InChI=1S/C11H20N4O/c1-9-8-10(15-11(12-2)14-9)13-6-4-5-7-16-3/h8H,4-7H2,1-3H3,(H2,12,13,14,15). The summed E-state index contributed by atoms with van der Waals surface area (Å²) in [6, 6.07) is 1.94. The molecule has 5 heteroatoms. The van der Waals surface area contributed by atoms with E-state index in [4.69, 9.17) is 4.74 Å². The number of unbranched alkanes of at least 4 members (excludes halogenated alkanes) is 1. The van der Waals surface area contributed by atoms with Crippen molar-refractivity contribution in [2.45, 2.75) is 19.8 Å². The third-order valence-electron chi connectivity index (χ3n) is 2.16. The van der Waals surface area contributed by atoms with Crippen molar-refractivity contribution in [1.29, 1.82) is 0 Å². The fourth-order valence-electron chi connectivity index (χ4n) is 1.36. The van der Waals surface area contributed by atoms with E-state index in [-0.39, 0.29) is 0 Å². The summed E-state index contributed by atoms with van der Waals surface area (Å²) in [6.07, 6.45) is 2.14. The van der Waals surface area contributed by atoms with Crippen molar-refractivity contribution in [3.8, 4) is 0 Å². The monoisotopic (exact) mass is 224 g/mol. The van der Waals surface area contributed by atoms with Gasteiger partial charge in [-0.3, -0.25) is 0 Å². The highest BCUT2D eigenvalue weighted by Crippen LogP contribution is 2.08. The molecule has 0 spiro atoms. The van der Waals surface area contributed by atoms with Crippen molar-refractivity contribution in [3.63, 3.8) is 0 Å². The van der Waals surface area contributed by atoms with Crippen LogP contribution in [0.1, 0.15) is 18.5 Å². The number of aryl methyl sites for hydroxylation is 1. The zero-order valence-corrected chi connectivity index (χ0v) is 10.2. The first-order valence-electron chi connectivity index (χ1n) is 5.52. The summed E-state index contributed by atoms with van der Waals surface area (Å²) in [7, 11) is 3.54. The van der Waals surface area contributed by atoms with E-state index in [9.17, 15) is 0 Å². The van der Waals surface area contributed by atoms with Crippen LogP contribution in [-0.2, 0) is 4.74 Å². The molecule has 90 valence electrons. The van der Waals surface area contributed by atoms with Crippen molar-refractivity contribution in [2.24, 2.45) is 0 Å². The van der Waals surface area contributed by atoms with E-state index in [1.54, 1.807) is 7.11 Å². The van der Waals surface area contributed by atoms with E-state index in [1.807, 2.05) is 20.0 Å². The van der Waals surface area contributed by atoms with Crippen LogP contribution < -0.4 is 10.6 Å². The van der Waals surface area contributed by atoms with Crippen molar-refractivity contribution in [2.75, 3.05) is 37.9 Å². The number of methoxy groups -OCH3 is 1. The number of nitrogens with zero attached hydrogens (tertiary/aromatic N) is 2. The van der Waals surface area contributed by atoms with Crippen molar-refractivity contribution < 1.29 is 4.74 Å². The Morgan fingerprint density at radius 3 is 2.81 bits per heavy atom. The van der Waals surface area contributed by atoms with E-state index in [0.29, 0.717) is 5.95 Å². The van der Waals surface area contributed by atoms with Gasteiger partial charge in [-0.05, 0) is 19.8 Å². The van der Waals surface area contributed by atoms with Gasteiger partial charge in [0.1, 0.15) is 5.82 Å². The lowest BCUT2D eigenvalue weighted by atomic mass is 10.3. The maximum Gasteiger partial charge on any atom is 0.224 e. The molecule has 0 bridgehead atoms. The summed E-state index contributed by atoms with van der Waals surface area (Å²) < 4.78 is 4.99. The Kier molecular flexibility index (Phi) is 5.56. The Labute approximate surface area is 96.6 Å². The van der Waals surface area contributed by atoms with E-state index < -0.39 is 0 Å². The van der Waals surface area contributed by atoms with Gasteiger partial charge in [-0.1, -0.05) is 0 Å². The van der Waals surface area contributed by atoms with Crippen LogP contribution in [0.5, 0.6) is 0 Å². The topological polar surface area (TPSA) is 59.1 Å². The molecule has 0 aliphatic carbocycles. The molecule has 1 aromatic rings. The van der Waals surface area contributed by atoms with Gasteiger partial charge in [0.15, 0.2) is 0 Å². The molecule has 16 heavy (non-hydrogen) atoms. The van der Waals surface area contributed by atoms with Gasteiger partial charge < -0.3 is 15.4 Å². The number of aromatic nitrogens is 2. The Hall–Kier alpha value is -1.36.